The third kappa shape index (κ3) is 2.87. The van der Waals surface area contributed by atoms with Crippen LogP contribution < -0.4 is 11.0 Å². The molecule has 0 saturated carbocycles. The van der Waals surface area contributed by atoms with Gasteiger partial charge in [-0.15, -0.1) is 0 Å². The van der Waals surface area contributed by atoms with Gasteiger partial charge in [0.15, 0.2) is 5.65 Å². The zero-order valence-electron chi connectivity index (χ0n) is 11.8. The number of pyridine rings is 2. The molecule has 0 unspecified atom stereocenters. The molecule has 0 bridgehead atoms. The number of rotatable bonds is 5. The van der Waals surface area contributed by atoms with E-state index in [0.29, 0.717) is 24.1 Å². The summed E-state index contributed by atoms with van der Waals surface area (Å²) in [4.78, 5) is 28.4. The molecule has 2 aromatic rings. The third-order valence-electron chi connectivity index (χ3n) is 3.21. The molecule has 0 fully saturated rings. The summed E-state index contributed by atoms with van der Waals surface area (Å²) in [6.07, 6.45) is 4.39. The van der Waals surface area contributed by atoms with E-state index in [4.69, 9.17) is 0 Å². The minimum absolute atomic E-state index is 0.158. The Kier molecular flexibility index (Phi) is 4.50. The Labute approximate surface area is 117 Å². The van der Waals surface area contributed by atoms with Crippen molar-refractivity contribution in [2.75, 3.05) is 5.43 Å². The normalized spacial score (nSPS) is 10.7. The van der Waals surface area contributed by atoms with Crippen molar-refractivity contribution in [1.29, 1.82) is 0 Å². The first-order valence-corrected chi connectivity index (χ1v) is 6.96. The molecule has 5 nitrogen and oxygen atoms in total. The Morgan fingerprint density at radius 3 is 2.90 bits per heavy atom. The van der Waals surface area contributed by atoms with E-state index in [1.807, 2.05) is 32.0 Å². The fourth-order valence-corrected chi connectivity index (χ4v) is 2.07. The summed E-state index contributed by atoms with van der Waals surface area (Å²) >= 11 is 0. The molecule has 0 radical (unpaired) electrons. The minimum atomic E-state index is -0.205. The number of fused-ring (bicyclic) bond motifs is 1. The van der Waals surface area contributed by atoms with Crippen LogP contribution in [0.4, 0.5) is 0 Å². The first-order valence-electron chi connectivity index (χ1n) is 6.96. The van der Waals surface area contributed by atoms with Crippen molar-refractivity contribution in [1.82, 2.24) is 9.66 Å². The number of unbranched alkanes of at least 4 members (excludes halogenated alkanes) is 1. The largest absolute Gasteiger partial charge is 0.274 e. The van der Waals surface area contributed by atoms with E-state index in [0.717, 1.165) is 18.2 Å². The molecule has 2 rings (SSSR count). The number of aryl methyl sites for hydroxylation is 1. The van der Waals surface area contributed by atoms with Crippen LogP contribution in [0.2, 0.25) is 0 Å². The predicted octanol–water partition coefficient (Wildman–Crippen LogP) is 2.22. The SMILES string of the molecule is CCCCC(=O)Nn1c(=O)c(CC)cc2cccnc21. The molecule has 0 atom stereocenters. The van der Waals surface area contributed by atoms with Crippen molar-refractivity contribution in [3.8, 4) is 0 Å². The fraction of sp³-hybridized carbons (Fsp3) is 0.400. The summed E-state index contributed by atoms with van der Waals surface area (Å²) in [6.45, 7) is 3.94. The molecule has 1 N–H and O–H groups in total. The van der Waals surface area contributed by atoms with Gasteiger partial charge < -0.3 is 0 Å². The number of hydrogen-bond donors (Lipinski definition) is 1. The van der Waals surface area contributed by atoms with Gasteiger partial charge in [0.05, 0.1) is 0 Å². The number of carbonyl (C=O) groups is 1. The average molecular weight is 273 g/mol. The van der Waals surface area contributed by atoms with Crippen LogP contribution in [0.1, 0.15) is 38.7 Å². The highest BCUT2D eigenvalue weighted by molar-refractivity contribution is 5.86. The van der Waals surface area contributed by atoms with Gasteiger partial charge >= 0.3 is 0 Å². The van der Waals surface area contributed by atoms with Crippen LogP contribution in [0.5, 0.6) is 0 Å². The van der Waals surface area contributed by atoms with E-state index in [9.17, 15) is 9.59 Å². The second-order valence-corrected chi connectivity index (χ2v) is 4.72. The Morgan fingerprint density at radius 1 is 1.40 bits per heavy atom. The highest BCUT2D eigenvalue weighted by Gasteiger charge is 2.11. The molecule has 0 aliphatic heterocycles. The van der Waals surface area contributed by atoms with Gasteiger partial charge in [-0.05, 0) is 31.0 Å². The summed E-state index contributed by atoms with van der Waals surface area (Å²) in [5.74, 6) is -0.158. The summed E-state index contributed by atoms with van der Waals surface area (Å²) in [5.41, 5.74) is 3.61. The lowest BCUT2D eigenvalue weighted by Gasteiger charge is -2.12. The summed E-state index contributed by atoms with van der Waals surface area (Å²) < 4.78 is 1.27. The number of carbonyl (C=O) groups excluding carboxylic acids is 1. The first-order chi connectivity index (χ1) is 9.67. The van der Waals surface area contributed by atoms with Gasteiger partial charge in [0.1, 0.15) is 0 Å². The molecule has 0 aliphatic carbocycles. The maximum atomic E-state index is 12.3. The zero-order valence-corrected chi connectivity index (χ0v) is 11.8. The van der Waals surface area contributed by atoms with E-state index in [-0.39, 0.29) is 11.5 Å². The molecule has 2 heterocycles. The van der Waals surface area contributed by atoms with Crippen molar-refractivity contribution in [3.63, 3.8) is 0 Å². The standard InChI is InChI=1S/C15H19N3O2/c1-3-5-8-13(19)17-18-14-12(7-6-9-16-14)10-11(4-2)15(18)20/h6-7,9-10H,3-5,8H2,1-2H3,(H,17,19). The number of amides is 1. The number of aromatic nitrogens is 2. The smallest absolute Gasteiger partial charge is 0.273 e. The fourth-order valence-electron chi connectivity index (χ4n) is 2.07. The number of hydrogen-bond acceptors (Lipinski definition) is 3. The van der Waals surface area contributed by atoms with E-state index < -0.39 is 0 Å². The molecule has 1 amide bonds. The van der Waals surface area contributed by atoms with Crippen LogP contribution >= 0.6 is 0 Å². The number of nitrogens with one attached hydrogen (secondary N) is 1. The van der Waals surface area contributed by atoms with Gasteiger partial charge in [0.25, 0.3) is 5.56 Å². The van der Waals surface area contributed by atoms with Gasteiger partial charge in [0, 0.05) is 23.6 Å². The molecule has 0 aliphatic rings. The van der Waals surface area contributed by atoms with E-state index in [1.165, 1.54) is 4.68 Å². The maximum Gasteiger partial charge on any atom is 0.274 e. The lowest BCUT2D eigenvalue weighted by Crippen LogP contribution is -2.35. The molecule has 106 valence electrons. The van der Waals surface area contributed by atoms with Crippen LogP contribution in [0.15, 0.2) is 29.2 Å². The topological polar surface area (TPSA) is 64.0 Å². The van der Waals surface area contributed by atoms with Gasteiger partial charge in [-0.3, -0.25) is 15.0 Å². The van der Waals surface area contributed by atoms with Crippen molar-refractivity contribution < 1.29 is 4.79 Å². The highest BCUT2D eigenvalue weighted by Crippen LogP contribution is 2.10. The summed E-state index contributed by atoms with van der Waals surface area (Å²) in [6, 6.07) is 5.53. The second kappa shape index (κ2) is 6.32. The van der Waals surface area contributed by atoms with Gasteiger partial charge in [-0.1, -0.05) is 20.3 Å². The maximum absolute atomic E-state index is 12.3. The van der Waals surface area contributed by atoms with Crippen LogP contribution in [-0.4, -0.2) is 15.6 Å². The molecule has 0 spiro atoms. The number of nitrogens with zero attached hydrogens (tertiary/aromatic N) is 2. The van der Waals surface area contributed by atoms with Crippen molar-refractivity contribution in [2.24, 2.45) is 0 Å². The molecule has 0 aromatic carbocycles. The molecule has 0 saturated heterocycles. The quantitative estimate of drug-likeness (QED) is 0.908. The molecule has 2 aromatic heterocycles. The summed E-state index contributed by atoms with van der Waals surface area (Å²) in [7, 11) is 0. The Bertz CT molecular complexity index is 676. The third-order valence-corrected chi connectivity index (χ3v) is 3.21. The average Bonchev–Trinajstić information content (AvgIpc) is 2.47. The van der Waals surface area contributed by atoms with Gasteiger partial charge in [-0.25, -0.2) is 4.98 Å². The van der Waals surface area contributed by atoms with Crippen LogP contribution in [0, 0.1) is 0 Å². The predicted molar refractivity (Wildman–Crippen MR) is 79.3 cm³/mol. The monoisotopic (exact) mass is 273 g/mol. The van der Waals surface area contributed by atoms with Crippen molar-refractivity contribution in [3.05, 3.63) is 40.3 Å². The highest BCUT2D eigenvalue weighted by atomic mass is 16.2. The Morgan fingerprint density at radius 2 is 2.20 bits per heavy atom. The van der Waals surface area contributed by atoms with E-state index >= 15 is 0 Å². The van der Waals surface area contributed by atoms with Crippen molar-refractivity contribution in [2.45, 2.75) is 39.5 Å². The molecular weight excluding hydrogens is 254 g/mol. The van der Waals surface area contributed by atoms with Gasteiger partial charge in [0.2, 0.25) is 5.91 Å². The molecule has 20 heavy (non-hydrogen) atoms. The molecule has 5 heteroatoms. The lowest BCUT2D eigenvalue weighted by atomic mass is 10.2. The van der Waals surface area contributed by atoms with Crippen LogP contribution in [0.25, 0.3) is 11.0 Å². The zero-order chi connectivity index (χ0) is 14.5. The van der Waals surface area contributed by atoms with Crippen molar-refractivity contribution >= 4 is 16.9 Å². The summed E-state index contributed by atoms with van der Waals surface area (Å²) in [5, 5.41) is 0.847. The Balaban J connectivity index is 2.47. The lowest BCUT2D eigenvalue weighted by molar-refractivity contribution is -0.117. The van der Waals surface area contributed by atoms with Gasteiger partial charge in [-0.2, -0.15) is 4.68 Å². The second-order valence-electron chi connectivity index (χ2n) is 4.72. The van der Waals surface area contributed by atoms with E-state index in [1.54, 1.807) is 6.20 Å². The Hall–Kier alpha value is -2.17. The molecular formula is C15H19N3O2. The van der Waals surface area contributed by atoms with Crippen LogP contribution in [-0.2, 0) is 11.2 Å². The van der Waals surface area contributed by atoms with E-state index in [2.05, 4.69) is 10.4 Å². The minimum Gasteiger partial charge on any atom is -0.273 e. The van der Waals surface area contributed by atoms with Crippen LogP contribution in [0.3, 0.4) is 0 Å². The first kappa shape index (κ1) is 14.2.